The van der Waals surface area contributed by atoms with Gasteiger partial charge in [-0.15, -0.1) is 0 Å². The van der Waals surface area contributed by atoms with Crippen LogP contribution in [0.25, 0.3) is 5.57 Å². The largest absolute Gasteiger partial charge is 0.497 e. The molecule has 0 bridgehead atoms. The summed E-state index contributed by atoms with van der Waals surface area (Å²) in [5.41, 5.74) is 1.39. The van der Waals surface area contributed by atoms with Gasteiger partial charge in [0.05, 0.1) is 25.5 Å². The third-order valence-corrected chi connectivity index (χ3v) is 3.86. The molecule has 7 nitrogen and oxygen atoms in total. The summed E-state index contributed by atoms with van der Waals surface area (Å²) in [6.07, 6.45) is 1.07. The van der Waals surface area contributed by atoms with Crippen molar-refractivity contribution in [1.82, 2.24) is 0 Å². The molecule has 1 N–H and O–H groups in total. The van der Waals surface area contributed by atoms with Crippen LogP contribution in [-0.2, 0) is 14.3 Å². The lowest BCUT2D eigenvalue weighted by Crippen LogP contribution is -2.37. The first-order chi connectivity index (χ1) is 12.5. The topological polar surface area (TPSA) is 84.9 Å². The number of carbonyl (C=O) groups is 3. The Morgan fingerprint density at radius 3 is 2.46 bits per heavy atom. The molecule has 132 valence electrons. The number of nitrogens with zero attached hydrogens (tertiary/aromatic N) is 1. The Bertz CT molecular complexity index is 905. The van der Waals surface area contributed by atoms with Crippen LogP contribution in [0.15, 0.2) is 54.6 Å². The minimum absolute atomic E-state index is 0.0639. The number of anilines is 2. The lowest BCUT2D eigenvalue weighted by molar-refractivity contribution is -0.135. The molecule has 26 heavy (non-hydrogen) atoms. The van der Waals surface area contributed by atoms with Crippen molar-refractivity contribution in [2.45, 2.75) is 0 Å². The molecule has 0 spiro atoms. The number of carbonyl (C=O) groups excluding carboxylic acids is 3. The Kier molecular flexibility index (Phi) is 4.70. The molecule has 2 aromatic carbocycles. The van der Waals surface area contributed by atoms with Crippen LogP contribution in [0, 0.1) is 0 Å². The summed E-state index contributed by atoms with van der Waals surface area (Å²) in [7, 11) is 2.70. The van der Waals surface area contributed by atoms with E-state index >= 15 is 0 Å². The second-order valence-corrected chi connectivity index (χ2v) is 5.40. The number of amides is 3. The number of esters is 1. The first-order valence-corrected chi connectivity index (χ1v) is 7.73. The average Bonchev–Trinajstić information content (AvgIpc) is 2.93. The molecule has 0 saturated carbocycles. The van der Waals surface area contributed by atoms with Crippen molar-refractivity contribution in [3.05, 3.63) is 60.2 Å². The fraction of sp³-hybridized carbons (Fsp3) is 0.105. The van der Waals surface area contributed by atoms with E-state index in [4.69, 9.17) is 4.74 Å². The molecule has 3 amide bonds. The predicted octanol–water partition coefficient (Wildman–Crippen LogP) is 2.83. The van der Waals surface area contributed by atoms with E-state index in [1.165, 1.54) is 14.2 Å². The van der Waals surface area contributed by atoms with Gasteiger partial charge in [-0.3, -0.25) is 4.79 Å². The first kappa shape index (κ1) is 17.2. The number of rotatable bonds is 3. The molecule has 7 heteroatoms. The molecule has 0 fully saturated rings. The van der Waals surface area contributed by atoms with Gasteiger partial charge < -0.3 is 14.8 Å². The molecule has 3 rings (SSSR count). The third kappa shape index (κ3) is 3.14. The maximum absolute atomic E-state index is 12.8. The van der Waals surface area contributed by atoms with Gasteiger partial charge in [0.2, 0.25) is 0 Å². The molecule has 0 aromatic heterocycles. The van der Waals surface area contributed by atoms with Gasteiger partial charge in [0.15, 0.2) is 0 Å². The predicted molar refractivity (Wildman–Crippen MR) is 95.9 cm³/mol. The quantitative estimate of drug-likeness (QED) is 0.678. The van der Waals surface area contributed by atoms with Gasteiger partial charge in [0, 0.05) is 17.3 Å². The van der Waals surface area contributed by atoms with E-state index in [0.717, 1.165) is 11.0 Å². The zero-order chi connectivity index (χ0) is 18.7. The number of hydrogen-bond donors (Lipinski definition) is 1. The number of urea groups is 1. The highest BCUT2D eigenvalue weighted by molar-refractivity contribution is 6.42. The monoisotopic (exact) mass is 352 g/mol. The molecule has 0 atom stereocenters. The summed E-state index contributed by atoms with van der Waals surface area (Å²) in [4.78, 5) is 38.1. The summed E-state index contributed by atoms with van der Waals surface area (Å²) in [5, 5.41) is 2.66. The third-order valence-electron chi connectivity index (χ3n) is 3.86. The van der Waals surface area contributed by atoms with Crippen molar-refractivity contribution in [1.29, 1.82) is 0 Å². The lowest BCUT2D eigenvalue weighted by Gasteiger charge is -2.16. The zero-order valence-electron chi connectivity index (χ0n) is 14.2. The molecular weight excluding hydrogens is 336 g/mol. The van der Waals surface area contributed by atoms with Gasteiger partial charge in [0.25, 0.3) is 5.91 Å². The lowest BCUT2D eigenvalue weighted by atomic mass is 10.1. The summed E-state index contributed by atoms with van der Waals surface area (Å²) < 4.78 is 9.78. The van der Waals surface area contributed by atoms with E-state index in [2.05, 4.69) is 10.1 Å². The average molecular weight is 352 g/mol. The fourth-order valence-corrected chi connectivity index (χ4v) is 2.62. The number of methoxy groups -OCH3 is 2. The molecule has 1 aliphatic heterocycles. The SMILES string of the molecule is COC(=O)/C=C1/C(=O)N(C(=O)Nc2ccccc2)c2ccc(OC)cc21. The summed E-state index contributed by atoms with van der Waals surface area (Å²) >= 11 is 0. The Balaban J connectivity index is 2.02. The fourth-order valence-electron chi connectivity index (χ4n) is 2.62. The van der Waals surface area contributed by atoms with Crippen LogP contribution in [0.1, 0.15) is 5.56 Å². The number of ether oxygens (including phenoxy) is 2. The van der Waals surface area contributed by atoms with E-state index in [1.807, 2.05) is 6.07 Å². The van der Waals surface area contributed by atoms with Gasteiger partial charge in [-0.25, -0.2) is 14.5 Å². The highest BCUT2D eigenvalue weighted by Crippen LogP contribution is 2.39. The van der Waals surface area contributed by atoms with Gasteiger partial charge in [-0.2, -0.15) is 0 Å². The number of hydrogen-bond acceptors (Lipinski definition) is 5. The van der Waals surface area contributed by atoms with Gasteiger partial charge in [-0.1, -0.05) is 18.2 Å². The number of para-hydroxylation sites is 1. The van der Waals surface area contributed by atoms with Crippen LogP contribution in [0.4, 0.5) is 16.2 Å². The Morgan fingerprint density at radius 1 is 1.08 bits per heavy atom. The number of imide groups is 1. The standard InChI is InChI=1S/C19H16N2O5/c1-25-13-8-9-16-14(10-13)15(11-17(22)26-2)18(23)21(16)19(24)20-12-6-4-3-5-7-12/h3-11H,1-2H3,(H,20,24)/b15-11+. The Hall–Kier alpha value is -3.61. The van der Waals surface area contributed by atoms with Crippen LogP contribution >= 0.6 is 0 Å². The van der Waals surface area contributed by atoms with Gasteiger partial charge in [0.1, 0.15) is 5.75 Å². The summed E-state index contributed by atoms with van der Waals surface area (Å²) in [6, 6.07) is 13.0. The van der Waals surface area contributed by atoms with Gasteiger partial charge >= 0.3 is 12.0 Å². The van der Waals surface area contributed by atoms with E-state index in [-0.39, 0.29) is 5.57 Å². The molecule has 1 heterocycles. The minimum Gasteiger partial charge on any atom is -0.497 e. The first-order valence-electron chi connectivity index (χ1n) is 7.73. The van der Waals surface area contributed by atoms with Crippen LogP contribution in [0.3, 0.4) is 0 Å². The second kappa shape index (κ2) is 7.10. The molecule has 1 aliphatic rings. The molecule has 0 aliphatic carbocycles. The van der Waals surface area contributed by atoms with Crippen molar-refractivity contribution < 1.29 is 23.9 Å². The van der Waals surface area contributed by atoms with Crippen LogP contribution in [-0.4, -0.2) is 32.1 Å². The van der Waals surface area contributed by atoms with Crippen LogP contribution in [0.2, 0.25) is 0 Å². The second-order valence-electron chi connectivity index (χ2n) is 5.40. The normalized spacial score (nSPS) is 14.2. The Labute approximate surface area is 149 Å². The number of nitrogens with one attached hydrogen (secondary N) is 1. The van der Waals surface area contributed by atoms with Crippen molar-refractivity contribution in [2.75, 3.05) is 24.4 Å². The highest BCUT2D eigenvalue weighted by Gasteiger charge is 2.37. The molecular formula is C19H16N2O5. The van der Waals surface area contributed by atoms with E-state index in [1.54, 1.807) is 42.5 Å². The van der Waals surface area contributed by atoms with E-state index < -0.39 is 17.9 Å². The highest BCUT2D eigenvalue weighted by atomic mass is 16.5. The van der Waals surface area contributed by atoms with E-state index in [9.17, 15) is 14.4 Å². The molecule has 0 radical (unpaired) electrons. The number of fused-ring (bicyclic) bond motifs is 1. The zero-order valence-corrected chi connectivity index (χ0v) is 14.2. The van der Waals surface area contributed by atoms with Crippen molar-refractivity contribution >= 4 is 34.9 Å². The maximum Gasteiger partial charge on any atom is 0.333 e. The van der Waals surface area contributed by atoms with Crippen LogP contribution < -0.4 is 15.0 Å². The summed E-state index contributed by atoms with van der Waals surface area (Å²) in [6.45, 7) is 0. The van der Waals surface area contributed by atoms with Crippen molar-refractivity contribution in [3.8, 4) is 5.75 Å². The molecule has 0 unspecified atom stereocenters. The van der Waals surface area contributed by atoms with Crippen molar-refractivity contribution in [2.24, 2.45) is 0 Å². The minimum atomic E-state index is -0.688. The number of benzene rings is 2. The van der Waals surface area contributed by atoms with Crippen molar-refractivity contribution in [3.63, 3.8) is 0 Å². The Morgan fingerprint density at radius 2 is 1.81 bits per heavy atom. The van der Waals surface area contributed by atoms with E-state index in [0.29, 0.717) is 22.7 Å². The summed E-state index contributed by atoms with van der Waals surface area (Å²) in [5.74, 6) is -0.808. The van der Waals surface area contributed by atoms with Gasteiger partial charge in [-0.05, 0) is 30.3 Å². The molecule has 2 aromatic rings. The smallest absolute Gasteiger partial charge is 0.333 e. The molecule has 0 saturated heterocycles. The maximum atomic E-state index is 12.8. The van der Waals surface area contributed by atoms with Crippen LogP contribution in [0.5, 0.6) is 5.75 Å².